The van der Waals surface area contributed by atoms with Crippen molar-refractivity contribution in [2.45, 2.75) is 44.8 Å². The largest absolute Gasteiger partial charge is 0.416 e. The Hall–Kier alpha value is -1.56. The third kappa shape index (κ3) is 4.96. The number of piperidine rings is 1. The summed E-state index contributed by atoms with van der Waals surface area (Å²) < 4.78 is 38.3. The highest BCUT2D eigenvalue weighted by Crippen LogP contribution is 2.29. The number of amides is 1. The van der Waals surface area contributed by atoms with E-state index in [2.05, 4.69) is 5.32 Å². The molecule has 23 heavy (non-hydrogen) atoms. The minimum absolute atomic E-state index is 0.0217. The topological polar surface area (TPSA) is 32.3 Å². The van der Waals surface area contributed by atoms with E-state index in [0.717, 1.165) is 44.5 Å². The van der Waals surface area contributed by atoms with Crippen molar-refractivity contribution in [3.63, 3.8) is 0 Å². The zero-order chi connectivity index (χ0) is 16.9. The van der Waals surface area contributed by atoms with Gasteiger partial charge < -0.3 is 10.2 Å². The van der Waals surface area contributed by atoms with Crippen LogP contribution < -0.4 is 5.32 Å². The monoisotopic (exact) mass is 328 g/mol. The maximum absolute atomic E-state index is 12.8. The fourth-order valence-corrected chi connectivity index (χ4v) is 3.00. The predicted octanol–water partition coefficient (Wildman–Crippen LogP) is 3.24. The summed E-state index contributed by atoms with van der Waals surface area (Å²) in [6.07, 6.45) is -1.72. The lowest BCUT2D eigenvalue weighted by atomic mass is 10.0. The van der Waals surface area contributed by atoms with E-state index >= 15 is 0 Å². The van der Waals surface area contributed by atoms with E-state index in [1.807, 2.05) is 11.8 Å². The van der Waals surface area contributed by atoms with E-state index in [4.69, 9.17) is 0 Å². The maximum Gasteiger partial charge on any atom is 0.416 e. The van der Waals surface area contributed by atoms with Crippen molar-refractivity contribution in [1.82, 2.24) is 10.2 Å². The molecular formula is C17H23F3N2O. The van der Waals surface area contributed by atoms with E-state index in [-0.39, 0.29) is 18.4 Å². The van der Waals surface area contributed by atoms with Crippen LogP contribution in [0.5, 0.6) is 0 Å². The Morgan fingerprint density at radius 3 is 2.61 bits per heavy atom. The van der Waals surface area contributed by atoms with Crippen LogP contribution in [-0.2, 0) is 17.4 Å². The maximum atomic E-state index is 12.8. The summed E-state index contributed by atoms with van der Waals surface area (Å²) in [4.78, 5) is 14.4. The van der Waals surface area contributed by atoms with Gasteiger partial charge in [0.1, 0.15) is 0 Å². The second-order valence-electron chi connectivity index (χ2n) is 5.94. The number of carbonyl (C=O) groups excluding carboxylic acids is 1. The van der Waals surface area contributed by atoms with E-state index in [1.54, 1.807) is 6.07 Å². The van der Waals surface area contributed by atoms with E-state index in [0.29, 0.717) is 12.1 Å². The van der Waals surface area contributed by atoms with Gasteiger partial charge in [0.05, 0.1) is 12.0 Å². The number of nitrogens with one attached hydrogen (secondary N) is 1. The van der Waals surface area contributed by atoms with Crippen molar-refractivity contribution >= 4 is 5.91 Å². The zero-order valence-corrected chi connectivity index (χ0v) is 13.3. The molecule has 0 radical (unpaired) electrons. The molecule has 1 N–H and O–H groups in total. The number of hydrogen-bond donors (Lipinski definition) is 1. The minimum atomic E-state index is -4.38. The van der Waals surface area contributed by atoms with Gasteiger partial charge in [0.15, 0.2) is 0 Å². The average molecular weight is 328 g/mol. The summed E-state index contributed by atoms with van der Waals surface area (Å²) in [6.45, 7) is 4.41. The van der Waals surface area contributed by atoms with Gasteiger partial charge in [-0.25, -0.2) is 0 Å². The van der Waals surface area contributed by atoms with Crippen molar-refractivity contribution in [1.29, 1.82) is 0 Å². The van der Waals surface area contributed by atoms with Gasteiger partial charge in [-0.3, -0.25) is 4.79 Å². The van der Waals surface area contributed by atoms with Crippen LogP contribution >= 0.6 is 0 Å². The van der Waals surface area contributed by atoms with Crippen molar-refractivity contribution in [2.75, 3.05) is 19.6 Å². The highest BCUT2D eigenvalue weighted by Gasteiger charge is 2.31. The number of benzene rings is 1. The van der Waals surface area contributed by atoms with Crippen LogP contribution in [-0.4, -0.2) is 36.5 Å². The predicted molar refractivity (Wildman–Crippen MR) is 83.0 cm³/mol. The molecule has 0 saturated carbocycles. The lowest BCUT2D eigenvalue weighted by Crippen LogP contribution is -2.47. The van der Waals surface area contributed by atoms with Gasteiger partial charge >= 0.3 is 6.18 Å². The highest BCUT2D eigenvalue weighted by atomic mass is 19.4. The van der Waals surface area contributed by atoms with Crippen molar-refractivity contribution in [3.8, 4) is 0 Å². The molecule has 0 aliphatic carbocycles. The highest BCUT2D eigenvalue weighted by molar-refractivity contribution is 5.79. The molecule has 0 unspecified atom stereocenters. The molecular weight excluding hydrogens is 305 g/mol. The first-order valence-corrected chi connectivity index (χ1v) is 8.08. The molecule has 1 saturated heterocycles. The summed E-state index contributed by atoms with van der Waals surface area (Å²) >= 11 is 0. The minimum Gasteiger partial charge on any atom is -0.339 e. The lowest BCUT2D eigenvalue weighted by molar-refractivity contribution is -0.138. The summed E-state index contributed by atoms with van der Waals surface area (Å²) in [6, 6.07) is 5.24. The molecule has 128 valence electrons. The van der Waals surface area contributed by atoms with E-state index in [9.17, 15) is 18.0 Å². The SMILES string of the molecule is CCCN(C(=O)Cc1cccc(C(F)(F)F)c1)C1CCNCC1. The molecule has 1 heterocycles. The van der Waals surface area contributed by atoms with Crippen molar-refractivity contribution < 1.29 is 18.0 Å². The smallest absolute Gasteiger partial charge is 0.339 e. The van der Waals surface area contributed by atoms with E-state index < -0.39 is 11.7 Å². The Bertz CT molecular complexity index is 525. The molecule has 0 aromatic heterocycles. The van der Waals surface area contributed by atoms with Gasteiger partial charge in [0, 0.05) is 12.6 Å². The Kier molecular flexibility index (Phi) is 6.04. The van der Waals surface area contributed by atoms with Gasteiger partial charge in [0.25, 0.3) is 0 Å². The standard InChI is InChI=1S/C17H23F3N2O/c1-2-10-22(15-6-8-21-9-7-15)16(23)12-13-4-3-5-14(11-13)17(18,19)20/h3-5,11,15,21H,2,6-10,12H2,1H3. The summed E-state index contributed by atoms with van der Waals surface area (Å²) in [5.74, 6) is -0.0851. The Labute approximate surface area is 134 Å². The molecule has 1 aromatic rings. The normalized spacial score (nSPS) is 16.3. The van der Waals surface area contributed by atoms with Crippen LogP contribution in [0.1, 0.15) is 37.3 Å². The second kappa shape index (κ2) is 7.81. The fourth-order valence-electron chi connectivity index (χ4n) is 3.00. The third-order valence-corrected chi connectivity index (χ3v) is 4.14. The zero-order valence-electron chi connectivity index (χ0n) is 13.3. The van der Waals surface area contributed by atoms with Crippen LogP contribution in [0.25, 0.3) is 0 Å². The Morgan fingerprint density at radius 1 is 1.30 bits per heavy atom. The Morgan fingerprint density at radius 2 is 2.00 bits per heavy atom. The fraction of sp³-hybridized carbons (Fsp3) is 0.588. The molecule has 1 aliphatic heterocycles. The molecule has 1 amide bonds. The molecule has 6 heteroatoms. The summed E-state index contributed by atoms with van der Waals surface area (Å²) in [5, 5.41) is 3.26. The van der Waals surface area contributed by atoms with Gasteiger partial charge in [0.2, 0.25) is 5.91 Å². The van der Waals surface area contributed by atoms with Crippen LogP contribution in [0.2, 0.25) is 0 Å². The molecule has 0 atom stereocenters. The number of nitrogens with zero attached hydrogens (tertiary/aromatic N) is 1. The first kappa shape index (κ1) is 17.8. The molecule has 2 rings (SSSR count). The third-order valence-electron chi connectivity index (χ3n) is 4.14. The number of carbonyl (C=O) groups is 1. The quantitative estimate of drug-likeness (QED) is 0.900. The van der Waals surface area contributed by atoms with Crippen LogP contribution in [0.15, 0.2) is 24.3 Å². The van der Waals surface area contributed by atoms with Gasteiger partial charge in [-0.05, 0) is 44.0 Å². The van der Waals surface area contributed by atoms with Gasteiger partial charge in [-0.1, -0.05) is 25.1 Å². The first-order chi connectivity index (χ1) is 10.9. The number of rotatable bonds is 5. The van der Waals surface area contributed by atoms with Gasteiger partial charge in [-0.2, -0.15) is 13.2 Å². The summed E-state index contributed by atoms with van der Waals surface area (Å²) in [5.41, 5.74) is -0.286. The lowest BCUT2D eigenvalue weighted by Gasteiger charge is -2.34. The van der Waals surface area contributed by atoms with E-state index in [1.165, 1.54) is 6.07 Å². The number of hydrogen-bond acceptors (Lipinski definition) is 2. The molecule has 0 spiro atoms. The molecule has 1 fully saturated rings. The van der Waals surface area contributed by atoms with Crippen LogP contribution in [0.4, 0.5) is 13.2 Å². The second-order valence-corrected chi connectivity index (χ2v) is 5.94. The number of halogens is 3. The number of alkyl halides is 3. The molecule has 1 aromatic carbocycles. The summed E-state index contributed by atoms with van der Waals surface area (Å²) in [7, 11) is 0. The van der Waals surface area contributed by atoms with Crippen LogP contribution in [0, 0.1) is 0 Å². The van der Waals surface area contributed by atoms with Crippen molar-refractivity contribution in [3.05, 3.63) is 35.4 Å². The van der Waals surface area contributed by atoms with Crippen molar-refractivity contribution in [2.24, 2.45) is 0 Å². The average Bonchev–Trinajstić information content (AvgIpc) is 2.53. The Balaban J connectivity index is 2.08. The van der Waals surface area contributed by atoms with Crippen LogP contribution in [0.3, 0.4) is 0 Å². The first-order valence-electron chi connectivity index (χ1n) is 8.08. The molecule has 3 nitrogen and oxygen atoms in total. The molecule has 1 aliphatic rings. The van der Waals surface area contributed by atoms with Gasteiger partial charge in [-0.15, -0.1) is 0 Å². The molecule has 0 bridgehead atoms.